The Labute approximate surface area is 109 Å². The number of ether oxygens (including phenoxy) is 1. The maximum absolute atomic E-state index is 13.2. The lowest BCUT2D eigenvalue weighted by Gasteiger charge is -2.15. The molecule has 2 N–H and O–H groups in total. The molecule has 0 radical (unpaired) electrons. The van der Waals surface area contributed by atoms with Gasteiger partial charge in [0, 0.05) is 0 Å². The first-order valence-corrected chi connectivity index (χ1v) is 5.27. The zero-order valence-electron chi connectivity index (χ0n) is 9.85. The van der Waals surface area contributed by atoms with Crippen molar-refractivity contribution in [3.05, 3.63) is 35.1 Å². The molecule has 114 valence electrons. The topological polar surface area (TPSA) is 35.2 Å². The van der Waals surface area contributed by atoms with Gasteiger partial charge in [0.25, 0.3) is 0 Å². The van der Waals surface area contributed by atoms with E-state index in [9.17, 15) is 30.7 Å². The van der Waals surface area contributed by atoms with E-state index in [4.69, 9.17) is 5.73 Å². The van der Waals surface area contributed by atoms with Gasteiger partial charge in [0.15, 0.2) is 0 Å². The predicted molar refractivity (Wildman–Crippen MR) is 55.2 cm³/mol. The Hall–Kier alpha value is -1.35. The van der Waals surface area contributed by atoms with Crippen molar-refractivity contribution in [2.75, 3.05) is 13.2 Å². The van der Waals surface area contributed by atoms with Gasteiger partial charge in [0.2, 0.25) is 0 Å². The molecular formula is C11H10F7NO. The highest BCUT2D eigenvalue weighted by Crippen LogP contribution is 2.32. The minimum absolute atomic E-state index is 0.0855. The first kappa shape index (κ1) is 16.7. The summed E-state index contributed by atoms with van der Waals surface area (Å²) in [6.45, 7) is -2.13. The highest BCUT2D eigenvalue weighted by Gasteiger charge is 2.34. The van der Waals surface area contributed by atoms with Crippen LogP contribution < -0.4 is 5.73 Å². The summed E-state index contributed by atoms with van der Waals surface area (Å²) in [6.07, 6.45) is -9.38. The molecule has 0 aliphatic carbocycles. The molecule has 0 aliphatic heterocycles. The number of alkyl halides is 6. The summed E-state index contributed by atoms with van der Waals surface area (Å²) < 4.78 is 89.8. The Morgan fingerprint density at radius 3 is 2.15 bits per heavy atom. The second-order valence-corrected chi connectivity index (χ2v) is 3.97. The van der Waals surface area contributed by atoms with Crippen LogP contribution in [0, 0.1) is 5.82 Å². The lowest BCUT2D eigenvalue weighted by molar-refractivity contribution is -0.174. The number of hydrogen-bond donors (Lipinski definition) is 1. The van der Waals surface area contributed by atoms with Gasteiger partial charge in [-0.05, 0) is 17.7 Å². The van der Waals surface area contributed by atoms with Crippen molar-refractivity contribution in [1.82, 2.24) is 0 Å². The van der Waals surface area contributed by atoms with Crippen molar-refractivity contribution < 1.29 is 35.5 Å². The predicted octanol–water partition coefficient (Wildman–Crippen LogP) is 3.42. The van der Waals surface area contributed by atoms with Crippen LogP contribution in [0.1, 0.15) is 17.2 Å². The van der Waals surface area contributed by atoms with Crippen LogP contribution in [0.4, 0.5) is 30.7 Å². The fourth-order valence-electron chi connectivity index (χ4n) is 1.39. The number of benzene rings is 1. The van der Waals surface area contributed by atoms with E-state index in [1.54, 1.807) is 0 Å². The molecule has 0 saturated heterocycles. The average Bonchev–Trinajstić information content (AvgIpc) is 2.25. The van der Waals surface area contributed by atoms with Gasteiger partial charge in [-0.1, -0.05) is 6.07 Å². The number of hydrogen-bond acceptors (Lipinski definition) is 2. The van der Waals surface area contributed by atoms with Gasteiger partial charge in [-0.3, -0.25) is 0 Å². The summed E-state index contributed by atoms with van der Waals surface area (Å²) in [5.41, 5.74) is 3.86. The van der Waals surface area contributed by atoms with E-state index in [2.05, 4.69) is 4.74 Å². The lowest BCUT2D eigenvalue weighted by Crippen LogP contribution is -2.23. The van der Waals surface area contributed by atoms with Crippen molar-refractivity contribution in [3.63, 3.8) is 0 Å². The van der Waals surface area contributed by atoms with Crippen LogP contribution in [0.2, 0.25) is 0 Å². The molecule has 0 aromatic heterocycles. The molecule has 0 spiro atoms. The van der Waals surface area contributed by atoms with Gasteiger partial charge in [0.05, 0.1) is 18.2 Å². The number of halogens is 7. The summed E-state index contributed by atoms with van der Waals surface area (Å²) in [6, 6.07) is 0.751. The molecule has 0 heterocycles. The molecule has 1 rings (SSSR count). The normalized spacial score (nSPS) is 14.4. The van der Waals surface area contributed by atoms with Crippen LogP contribution in [-0.2, 0) is 10.9 Å². The summed E-state index contributed by atoms with van der Waals surface area (Å²) >= 11 is 0. The summed E-state index contributed by atoms with van der Waals surface area (Å²) in [5, 5.41) is 0. The third-order valence-corrected chi connectivity index (χ3v) is 2.29. The van der Waals surface area contributed by atoms with E-state index in [-0.39, 0.29) is 5.56 Å². The second kappa shape index (κ2) is 5.96. The molecule has 0 amide bonds. The molecule has 0 fully saturated rings. The van der Waals surface area contributed by atoms with Gasteiger partial charge >= 0.3 is 12.4 Å². The monoisotopic (exact) mass is 305 g/mol. The molecule has 20 heavy (non-hydrogen) atoms. The number of rotatable bonds is 4. The van der Waals surface area contributed by atoms with Crippen LogP contribution in [0.5, 0.6) is 0 Å². The quantitative estimate of drug-likeness (QED) is 0.865. The van der Waals surface area contributed by atoms with E-state index >= 15 is 0 Å². The Bertz CT molecular complexity index is 455. The fraction of sp³-hybridized carbons (Fsp3) is 0.455. The Morgan fingerprint density at radius 2 is 1.70 bits per heavy atom. The minimum Gasteiger partial charge on any atom is -0.370 e. The summed E-state index contributed by atoms with van der Waals surface area (Å²) in [5.74, 6) is -1.54. The van der Waals surface area contributed by atoms with Gasteiger partial charge in [-0.25, -0.2) is 4.39 Å². The van der Waals surface area contributed by atoms with E-state index in [0.29, 0.717) is 12.1 Å². The van der Waals surface area contributed by atoms with Gasteiger partial charge in [-0.2, -0.15) is 26.3 Å². The lowest BCUT2D eigenvalue weighted by atomic mass is 10.1. The molecular weight excluding hydrogens is 295 g/mol. The molecule has 1 aromatic carbocycles. The van der Waals surface area contributed by atoms with Crippen molar-refractivity contribution in [2.45, 2.75) is 18.4 Å². The van der Waals surface area contributed by atoms with E-state index in [0.717, 1.165) is 6.07 Å². The van der Waals surface area contributed by atoms with Crippen LogP contribution >= 0.6 is 0 Å². The third-order valence-electron chi connectivity index (χ3n) is 2.29. The smallest absolute Gasteiger partial charge is 0.370 e. The third kappa shape index (κ3) is 4.97. The van der Waals surface area contributed by atoms with Crippen LogP contribution in [-0.4, -0.2) is 19.4 Å². The van der Waals surface area contributed by atoms with Crippen LogP contribution in [0.25, 0.3) is 0 Å². The molecule has 1 aromatic rings. The van der Waals surface area contributed by atoms with Gasteiger partial charge < -0.3 is 10.5 Å². The Balaban J connectivity index is 2.71. The molecule has 0 saturated carbocycles. The minimum atomic E-state index is -4.85. The zero-order chi connectivity index (χ0) is 15.6. The second-order valence-electron chi connectivity index (χ2n) is 3.97. The van der Waals surface area contributed by atoms with Crippen LogP contribution in [0.15, 0.2) is 18.2 Å². The Morgan fingerprint density at radius 1 is 1.10 bits per heavy atom. The van der Waals surface area contributed by atoms with Crippen molar-refractivity contribution in [3.8, 4) is 0 Å². The standard InChI is InChI=1S/C11H10F7NO/c12-8-3-6(1-2-7(8)11(16,17)18)9(19)4-20-5-10(13,14)15/h1-3,9H,4-5,19H2. The first-order chi connectivity index (χ1) is 9.00. The first-order valence-electron chi connectivity index (χ1n) is 5.27. The van der Waals surface area contributed by atoms with E-state index in [1.807, 2.05) is 0 Å². The largest absolute Gasteiger partial charge is 0.419 e. The van der Waals surface area contributed by atoms with Gasteiger partial charge in [0.1, 0.15) is 12.4 Å². The molecule has 9 heteroatoms. The molecule has 1 unspecified atom stereocenters. The summed E-state index contributed by atoms with van der Waals surface area (Å²) in [7, 11) is 0. The van der Waals surface area contributed by atoms with Crippen molar-refractivity contribution in [1.29, 1.82) is 0 Å². The van der Waals surface area contributed by atoms with E-state index in [1.165, 1.54) is 0 Å². The number of nitrogens with two attached hydrogens (primary N) is 1. The van der Waals surface area contributed by atoms with Crippen LogP contribution in [0.3, 0.4) is 0 Å². The molecule has 1 atom stereocenters. The van der Waals surface area contributed by atoms with E-state index < -0.39 is 43.0 Å². The summed E-state index contributed by atoms with van der Waals surface area (Å²) in [4.78, 5) is 0. The van der Waals surface area contributed by atoms with Crippen molar-refractivity contribution >= 4 is 0 Å². The zero-order valence-corrected chi connectivity index (χ0v) is 9.85. The molecule has 0 aliphatic rings. The van der Waals surface area contributed by atoms with Crippen molar-refractivity contribution in [2.24, 2.45) is 5.73 Å². The SMILES string of the molecule is NC(COCC(F)(F)F)c1ccc(C(F)(F)F)c(F)c1. The average molecular weight is 305 g/mol. The maximum atomic E-state index is 13.2. The fourth-order valence-corrected chi connectivity index (χ4v) is 1.39. The molecule has 0 bridgehead atoms. The highest BCUT2D eigenvalue weighted by atomic mass is 19.4. The van der Waals surface area contributed by atoms with Gasteiger partial charge in [-0.15, -0.1) is 0 Å². The Kier molecular flexibility index (Phi) is 4.98. The highest BCUT2D eigenvalue weighted by molar-refractivity contribution is 5.28. The molecule has 2 nitrogen and oxygen atoms in total. The maximum Gasteiger partial charge on any atom is 0.419 e.